The highest BCUT2D eigenvalue weighted by molar-refractivity contribution is 5.90. The minimum absolute atomic E-state index is 0.0300. The molecule has 0 unspecified atom stereocenters. The molecule has 9 heteroatoms. The van der Waals surface area contributed by atoms with E-state index in [1.165, 1.54) is 32.1 Å². The number of amides is 2. The number of piperazine rings is 1. The van der Waals surface area contributed by atoms with Crippen LogP contribution in [0.5, 0.6) is 0 Å². The van der Waals surface area contributed by atoms with Gasteiger partial charge in [-0.2, -0.15) is 0 Å². The Morgan fingerprint density at radius 1 is 1.03 bits per heavy atom. The molecule has 1 aliphatic carbocycles. The van der Waals surface area contributed by atoms with Crippen molar-refractivity contribution >= 4 is 11.8 Å². The molecule has 3 aliphatic rings. The quantitative estimate of drug-likeness (QED) is 0.760. The summed E-state index contributed by atoms with van der Waals surface area (Å²) in [5, 5.41) is 11.7. The summed E-state index contributed by atoms with van der Waals surface area (Å²) >= 11 is 0. The van der Waals surface area contributed by atoms with E-state index in [4.69, 9.17) is 0 Å². The van der Waals surface area contributed by atoms with E-state index in [1.54, 1.807) is 6.20 Å². The highest BCUT2D eigenvalue weighted by Gasteiger charge is 2.38. The van der Waals surface area contributed by atoms with Crippen molar-refractivity contribution in [1.29, 1.82) is 0 Å². The summed E-state index contributed by atoms with van der Waals surface area (Å²) in [6, 6.07) is 5.60. The lowest BCUT2D eigenvalue weighted by Gasteiger charge is -2.43. The molecule has 2 fully saturated rings. The second-order valence-electron chi connectivity index (χ2n) is 9.14. The van der Waals surface area contributed by atoms with Gasteiger partial charge in [0, 0.05) is 51.2 Å². The van der Waals surface area contributed by atoms with Crippen molar-refractivity contribution in [3.8, 4) is 0 Å². The molecular formula is C23H31N7O2. The van der Waals surface area contributed by atoms with E-state index in [-0.39, 0.29) is 17.9 Å². The fourth-order valence-corrected chi connectivity index (χ4v) is 5.21. The molecule has 9 nitrogen and oxygen atoms in total. The number of carbonyl (C=O) groups excluding carboxylic acids is 2. The van der Waals surface area contributed by atoms with E-state index in [0.29, 0.717) is 44.3 Å². The van der Waals surface area contributed by atoms with Gasteiger partial charge in [-0.05, 0) is 30.9 Å². The van der Waals surface area contributed by atoms with Crippen molar-refractivity contribution in [3.63, 3.8) is 0 Å². The van der Waals surface area contributed by atoms with Gasteiger partial charge in [0.15, 0.2) is 5.82 Å². The van der Waals surface area contributed by atoms with Gasteiger partial charge in [0.1, 0.15) is 0 Å². The van der Waals surface area contributed by atoms with E-state index in [1.807, 2.05) is 27.7 Å². The largest absolute Gasteiger partial charge is 0.349 e. The Balaban J connectivity index is 1.24. The number of rotatable bonds is 5. The number of nitrogens with zero attached hydrogens (tertiary/aromatic N) is 6. The predicted octanol–water partition coefficient (Wildman–Crippen LogP) is 1.42. The Morgan fingerprint density at radius 3 is 2.69 bits per heavy atom. The van der Waals surface area contributed by atoms with Gasteiger partial charge in [-0.3, -0.25) is 19.5 Å². The topological polar surface area (TPSA) is 96.3 Å². The molecular weight excluding hydrogens is 406 g/mol. The van der Waals surface area contributed by atoms with Crippen molar-refractivity contribution in [3.05, 3.63) is 41.7 Å². The van der Waals surface area contributed by atoms with E-state index in [2.05, 4.69) is 25.4 Å². The molecule has 4 heterocycles. The maximum Gasteiger partial charge on any atom is 0.289 e. The number of fused-ring (bicyclic) bond motifs is 3. The van der Waals surface area contributed by atoms with Gasteiger partial charge in [-0.25, -0.2) is 0 Å². The lowest BCUT2D eigenvalue weighted by atomic mass is 9.89. The second kappa shape index (κ2) is 9.36. The molecule has 0 spiro atoms. The van der Waals surface area contributed by atoms with Crippen LogP contribution < -0.4 is 5.32 Å². The fourth-order valence-electron chi connectivity index (χ4n) is 5.21. The molecule has 2 aromatic heterocycles. The molecule has 0 radical (unpaired) electrons. The Kier molecular flexibility index (Phi) is 6.16. The van der Waals surface area contributed by atoms with E-state index in [9.17, 15) is 9.59 Å². The first kappa shape index (κ1) is 21.1. The van der Waals surface area contributed by atoms with E-state index >= 15 is 0 Å². The highest BCUT2D eigenvalue weighted by atomic mass is 16.2. The molecule has 0 aromatic carbocycles. The first-order valence-corrected chi connectivity index (χ1v) is 11.8. The zero-order valence-corrected chi connectivity index (χ0v) is 18.4. The number of aromatic nitrogens is 4. The molecule has 2 amide bonds. The Bertz CT molecular complexity index is 955. The number of hydrogen-bond acceptors (Lipinski definition) is 6. The molecule has 1 atom stereocenters. The lowest BCUT2D eigenvalue weighted by molar-refractivity contribution is -0.134. The maximum atomic E-state index is 12.9. The summed E-state index contributed by atoms with van der Waals surface area (Å²) in [7, 11) is 0. The molecule has 32 heavy (non-hydrogen) atoms. The van der Waals surface area contributed by atoms with Crippen LogP contribution in [0.4, 0.5) is 0 Å². The predicted molar refractivity (Wildman–Crippen MR) is 118 cm³/mol. The minimum atomic E-state index is -0.137. The van der Waals surface area contributed by atoms with E-state index < -0.39 is 0 Å². The molecule has 2 aliphatic heterocycles. The summed E-state index contributed by atoms with van der Waals surface area (Å²) < 4.78 is 1.95. The summed E-state index contributed by atoms with van der Waals surface area (Å²) in [5.74, 6) is 1.69. The van der Waals surface area contributed by atoms with Gasteiger partial charge in [0.05, 0.1) is 12.5 Å². The summed E-state index contributed by atoms with van der Waals surface area (Å²) in [6.45, 7) is 4.31. The third-order valence-corrected chi connectivity index (χ3v) is 7.07. The van der Waals surface area contributed by atoms with Crippen LogP contribution in [0.15, 0.2) is 24.4 Å². The second-order valence-corrected chi connectivity index (χ2v) is 9.14. The smallest absolute Gasteiger partial charge is 0.289 e. The van der Waals surface area contributed by atoms with Crippen LogP contribution in [0.3, 0.4) is 0 Å². The standard InChI is InChI=1S/C23H31N7O2/c31-20(14-18-8-4-5-9-24-18)29-11-10-28-12-13-30-21(19(28)16-29)26-27-22(30)23(32)25-15-17-6-2-1-3-7-17/h4-5,8-9,17,19H,1-3,6-7,10-16H2,(H,25,32)/t19-/m0/s1. The first-order chi connectivity index (χ1) is 15.7. The van der Waals surface area contributed by atoms with Crippen molar-refractivity contribution in [2.75, 3.05) is 32.7 Å². The Labute approximate surface area is 188 Å². The Morgan fingerprint density at radius 2 is 1.88 bits per heavy atom. The molecule has 170 valence electrons. The van der Waals surface area contributed by atoms with Crippen molar-refractivity contribution < 1.29 is 9.59 Å². The van der Waals surface area contributed by atoms with Crippen molar-refractivity contribution in [1.82, 2.24) is 34.9 Å². The normalized spacial score (nSPS) is 21.6. The van der Waals surface area contributed by atoms with Gasteiger partial charge < -0.3 is 14.8 Å². The molecule has 2 aromatic rings. The number of carbonyl (C=O) groups is 2. The zero-order valence-electron chi connectivity index (χ0n) is 18.4. The number of hydrogen-bond donors (Lipinski definition) is 1. The van der Waals surface area contributed by atoms with Crippen LogP contribution in [0, 0.1) is 5.92 Å². The van der Waals surface area contributed by atoms with Crippen LogP contribution >= 0.6 is 0 Å². The third-order valence-electron chi connectivity index (χ3n) is 7.07. The number of pyridine rings is 1. The van der Waals surface area contributed by atoms with Gasteiger partial charge in [-0.1, -0.05) is 25.3 Å². The van der Waals surface area contributed by atoms with Crippen LogP contribution in [-0.2, 0) is 17.8 Å². The summed E-state index contributed by atoms with van der Waals surface area (Å²) in [5.41, 5.74) is 0.781. The summed E-state index contributed by atoms with van der Waals surface area (Å²) in [6.07, 6.45) is 8.22. The average molecular weight is 438 g/mol. The highest BCUT2D eigenvalue weighted by Crippen LogP contribution is 2.29. The van der Waals surface area contributed by atoms with Crippen molar-refractivity contribution in [2.45, 2.75) is 51.1 Å². The van der Waals surface area contributed by atoms with Crippen molar-refractivity contribution in [2.24, 2.45) is 5.92 Å². The molecule has 0 bridgehead atoms. The minimum Gasteiger partial charge on any atom is -0.349 e. The zero-order chi connectivity index (χ0) is 21.9. The SMILES string of the molecule is O=C(NCC1CCCCC1)c1nnc2n1CCN1CCN(C(=O)Cc3ccccn3)C[C@@H]21. The first-order valence-electron chi connectivity index (χ1n) is 11.8. The lowest BCUT2D eigenvalue weighted by Crippen LogP contribution is -2.54. The van der Waals surface area contributed by atoms with Crippen LogP contribution in [-0.4, -0.2) is 74.1 Å². The monoisotopic (exact) mass is 437 g/mol. The van der Waals surface area contributed by atoms with Gasteiger partial charge >= 0.3 is 0 Å². The fraction of sp³-hybridized carbons (Fsp3) is 0.609. The third kappa shape index (κ3) is 4.39. The van der Waals surface area contributed by atoms with E-state index in [0.717, 1.165) is 24.6 Å². The molecule has 1 saturated heterocycles. The number of nitrogens with one attached hydrogen (secondary N) is 1. The molecule has 5 rings (SSSR count). The van der Waals surface area contributed by atoms with Crippen LogP contribution in [0.2, 0.25) is 0 Å². The maximum absolute atomic E-state index is 12.9. The average Bonchev–Trinajstić information content (AvgIpc) is 3.28. The van der Waals surface area contributed by atoms with Crippen LogP contribution in [0.1, 0.15) is 60.3 Å². The Hall–Kier alpha value is -2.81. The van der Waals surface area contributed by atoms with Gasteiger partial charge in [-0.15, -0.1) is 10.2 Å². The molecule has 1 saturated carbocycles. The van der Waals surface area contributed by atoms with Crippen LogP contribution in [0.25, 0.3) is 0 Å². The van der Waals surface area contributed by atoms with Gasteiger partial charge in [0.25, 0.3) is 5.91 Å². The summed E-state index contributed by atoms with van der Waals surface area (Å²) in [4.78, 5) is 34.2. The van der Waals surface area contributed by atoms with Gasteiger partial charge in [0.2, 0.25) is 11.7 Å². The molecule has 1 N–H and O–H groups in total.